The Balaban J connectivity index is 0.00000364. The van der Waals surface area contributed by atoms with Crippen LogP contribution in [0.5, 0.6) is 0 Å². The maximum atomic E-state index is 12.0. The Labute approximate surface area is 181 Å². The van der Waals surface area contributed by atoms with Crippen LogP contribution in [0, 0.1) is 6.92 Å². The fourth-order valence-corrected chi connectivity index (χ4v) is 3.27. The van der Waals surface area contributed by atoms with Gasteiger partial charge in [0, 0.05) is 19.5 Å². The fraction of sp³-hybridized carbons (Fsp3) is 0.500. The largest absolute Gasteiger partial charge is 0.469 e. The summed E-state index contributed by atoms with van der Waals surface area (Å²) in [5.41, 5.74) is 0.692. The number of ether oxygens (including phenoxy) is 1. The molecule has 2 rings (SSSR count). The Morgan fingerprint density at radius 3 is 2.85 bits per heavy atom. The van der Waals surface area contributed by atoms with Crippen LogP contribution >= 0.6 is 35.3 Å². The topological polar surface area (TPSA) is 88.8 Å². The van der Waals surface area contributed by atoms with Crippen molar-refractivity contribution in [3.8, 4) is 0 Å². The summed E-state index contributed by atoms with van der Waals surface area (Å²) in [4.78, 5) is 21.6. The smallest absolute Gasteiger partial charge is 0.350 e. The summed E-state index contributed by atoms with van der Waals surface area (Å²) < 4.78 is 10.4. The lowest BCUT2D eigenvalue weighted by molar-refractivity contribution is 0.0531. The van der Waals surface area contributed by atoms with Gasteiger partial charge in [-0.15, -0.1) is 35.3 Å². The number of thiazole rings is 1. The highest BCUT2D eigenvalue weighted by Gasteiger charge is 2.20. The van der Waals surface area contributed by atoms with Crippen LogP contribution in [0.15, 0.2) is 27.8 Å². The van der Waals surface area contributed by atoms with E-state index in [0.29, 0.717) is 29.7 Å². The zero-order valence-electron chi connectivity index (χ0n) is 16.1. The quantitative estimate of drug-likeness (QED) is 0.246. The van der Waals surface area contributed by atoms with Gasteiger partial charge in [0.25, 0.3) is 0 Å². The second-order valence-corrected chi connectivity index (χ2v) is 6.67. The van der Waals surface area contributed by atoms with Crippen LogP contribution < -0.4 is 10.6 Å². The van der Waals surface area contributed by atoms with Crippen LogP contribution in [0.4, 0.5) is 0 Å². The number of carbonyl (C=O) groups excluding carboxylic acids is 1. The molecule has 0 aliphatic carbocycles. The first kappa shape index (κ1) is 23.4. The molecule has 27 heavy (non-hydrogen) atoms. The van der Waals surface area contributed by atoms with Gasteiger partial charge in [0.05, 0.1) is 24.6 Å². The number of aliphatic imine (C=N–C) groups is 1. The van der Waals surface area contributed by atoms with Crippen molar-refractivity contribution in [3.05, 3.63) is 39.7 Å². The van der Waals surface area contributed by atoms with E-state index in [0.717, 1.165) is 23.7 Å². The molecule has 9 heteroatoms. The molecule has 1 atom stereocenters. The number of esters is 1. The van der Waals surface area contributed by atoms with E-state index in [1.165, 1.54) is 11.3 Å². The van der Waals surface area contributed by atoms with Gasteiger partial charge in [-0.2, -0.15) is 0 Å². The highest BCUT2D eigenvalue weighted by atomic mass is 127. The van der Waals surface area contributed by atoms with Crippen LogP contribution in [0.2, 0.25) is 0 Å². The first-order valence-corrected chi connectivity index (χ1v) is 9.58. The van der Waals surface area contributed by atoms with E-state index in [1.807, 2.05) is 32.9 Å². The normalized spacial score (nSPS) is 12.2. The summed E-state index contributed by atoms with van der Waals surface area (Å²) in [5.74, 6) is 1.30. The number of rotatable bonds is 8. The van der Waals surface area contributed by atoms with Crippen molar-refractivity contribution in [2.45, 2.75) is 40.2 Å². The number of guanidine groups is 1. The molecule has 0 spiro atoms. The lowest BCUT2D eigenvalue weighted by Gasteiger charge is -2.15. The molecular formula is C18H27IN4O3S. The van der Waals surface area contributed by atoms with Crippen molar-refractivity contribution in [2.75, 3.05) is 19.7 Å². The summed E-state index contributed by atoms with van der Waals surface area (Å²) >= 11 is 1.35. The highest BCUT2D eigenvalue weighted by Crippen LogP contribution is 2.24. The number of aryl methyl sites for hydroxylation is 1. The maximum absolute atomic E-state index is 12.0. The number of nitrogens with one attached hydrogen (secondary N) is 2. The molecule has 1 unspecified atom stereocenters. The molecule has 0 fully saturated rings. The number of aromatic nitrogens is 1. The predicted octanol–water partition coefficient (Wildman–Crippen LogP) is 3.70. The minimum atomic E-state index is -0.319. The maximum Gasteiger partial charge on any atom is 0.350 e. The lowest BCUT2D eigenvalue weighted by Crippen LogP contribution is -2.38. The predicted molar refractivity (Wildman–Crippen MR) is 118 cm³/mol. The molecule has 0 aliphatic heterocycles. The second-order valence-electron chi connectivity index (χ2n) is 5.64. The van der Waals surface area contributed by atoms with Crippen LogP contribution in [-0.4, -0.2) is 36.6 Å². The van der Waals surface area contributed by atoms with Crippen LogP contribution in [0.1, 0.15) is 52.9 Å². The van der Waals surface area contributed by atoms with E-state index in [-0.39, 0.29) is 36.0 Å². The number of furan rings is 1. The number of hydrogen-bond acceptors (Lipinski definition) is 6. The summed E-state index contributed by atoms with van der Waals surface area (Å²) in [7, 11) is 0. The van der Waals surface area contributed by atoms with Crippen molar-refractivity contribution in [3.63, 3.8) is 0 Å². The molecule has 0 radical (unpaired) electrons. The number of halogens is 1. The SMILES string of the molecule is CCNC(=NCCc1ccco1)NC(C)c1nc(C)c(C(=O)OCC)s1.I. The molecule has 2 N–H and O–H groups in total. The molecule has 7 nitrogen and oxygen atoms in total. The zero-order valence-corrected chi connectivity index (χ0v) is 19.2. The van der Waals surface area contributed by atoms with Gasteiger partial charge >= 0.3 is 5.97 Å². The van der Waals surface area contributed by atoms with Crippen molar-refractivity contribution < 1.29 is 13.9 Å². The molecule has 0 saturated heterocycles. The van der Waals surface area contributed by atoms with Crippen molar-refractivity contribution in [1.29, 1.82) is 0 Å². The standard InChI is InChI=1S/C18H26N4O3S.HI/c1-5-19-18(20-10-9-14-8-7-11-25-14)22-13(4)16-21-12(3)15(26-16)17(23)24-6-2;/h7-8,11,13H,5-6,9-10H2,1-4H3,(H2,19,20,22);1H. The molecule has 2 aromatic rings. The van der Waals surface area contributed by atoms with Gasteiger partial charge in [-0.05, 0) is 39.8 Å². The molecule has 2 heterocycles. The third-order valence-corrected chi connectivity index (χ3v) is 4.87. The van der Waals surface area contributed by atoms with E-state index in [9.17, 15) is 4.79 Å². The van der Waals surface area contributed by atoms with Gasteiger partial charge in [-0.1, -0.05) is 0 Å². The highest BCUT2D eigenvalue weighted by molar-refractivity contribution is 14.0. The third-order valence-electron chi connectivity index (χ3n) is 3.55. The minimum Gasteiger partial charge on any atom is -0.469 e. The second kappa shape index (κ2) is 12.0. The average molecular weight is 506 g/mol. The van der Waals surface area contributed by atoms with Gasteiger partial charge in [-0.3, -0.25) is 4.99 Å². The molecular weight excluding hydrogens is 479 g/mol. The fourth-order valence-electron chi connectivity index (χ4n) is 2.31. The molecule has 0 aliphatic rings. The minimum absolute atomic E-state index is 0. The molecule has 0 aromatic carbocycles. The number of carbonyl (C=O) groups is 1. The van der Waals surface area contributed by atoms with Crippen molar-refractivity contribution in [2.24, 2.45) is 4.99 Å². The first-order chi connectivity index (χ1) is 12.5. The van der Waals surface area contributed by atoms with Crippen LogP contribution in [0.3, 0.4) is 0 Å². The van der Waals surface area contributed by atoms with Gasteiger partial charge in [0.2, 0.25) is 0 Å². The van der Waals surface area contributed by atoms with Crippen LogP contribution in [0.25, 0.3) is 0 Å². The molecule has 0 amide bonds. The molecule has 0 saturated carbocycles. The van der Waals surface area contributed by atoms with Crippen molar-refractivity contribution in [1.82, 2.24) is 15.6 Å². The van der Waals surface area contributed by atoms with E-state index < -0.39 is 0 Å². The van der Waals surface area contributed by atoms with E-state index >= 15 is 0 Å². The molecule has 2 aromatic heterocycles. The summed E-state index contributed by atoms with van der Waals surface area (Å²) in [5, 5.41) is 7.37. The summed E-state index contributed by atoms with van der Waals surface area (Å²) in [6.45, 7) is 9.34. The Morgan fingerprint density at radius 2 is 2.22 bits per heavy atom. The molecule has 150 valence electrons. The van der Waals surface area contributed by atoms with Gasteiger partial charge in [-0.25, -0.2) is 9.78 Å². The monoisotopic (exact) mass is 506 g/mol. The van der Waals surface area contributed by atoms with Crippen molar-refractivity contribution >= 4 is 47.2 Å². The zero-order chi connectivity index (χ0) is 18.9. The van der Waals surface area contributed by atoms with E-state index in [1.54, 1.807) is 13.2 Å². The Bertz CT molecular complexity index is 731. The number of hydrogen-bond donors (Lipinski definition) is 2. The number of nitrogens with zero attached hydrogens (tertiary/aromatic N) is 2. The summed E-state index contributed by atoms with van der Waals surface area (Å²) in [6, 6.07) is 3.73. The lowest BCUT2D eigenvalue weighted by atomic mass is 10.3. The van der Waals surface area contributed by atoms with Gasteiger partial charge in [0.1, 0.15) is 15.6 Å². The van der Waals surface area contributed by atoms with Gasteiger partial charge < -0.3 is 19.8 Å². The Hall–Kier alpha value is -1.62. The van der Waals surface area contributed by atoms with E-state index in [2.05, 4.69) is 20.6 Å². The van der Waals surface area contributed by atoms with Crippen LogP contribution in [-0.2, 0) is 11.2 Å². The first-order valence-electron chi connectivity index (χ1n) is 8.76. The Kier molecular flexibility index (Phi) is 10.4. The van der Waals surface area contributed by atoms with Gasteiger partial charge in [0.15, 0.2) is 5.96 Å². The van der Waals surface area contributed by atoms with E-state index in [4.69, 9.17) is 9.15 Å². The molecule has 0 bridgehead atoms. The average Bonchev–Trinajstić information content (AvgIpc) is 3.25. The third kappa shape index (κ3) is 7.13. The Morgan fingerprint density at radius 1 is 1.44 bits per heavy atom. The summed E-state index contributed by atoms with van der Waals surface area (Å²) in [6.07, 6.45) is 2.40.